The first kappa shape index (κ1) is 23.4. The first-order valence-corrected chi connectivity index (χ1v) is 12.5. The van der Waals surface area contributed by atoms with Gasteiger partial charge in [-0.15, -0.1) is 0 Å². The standard InChI is InChI=1S/C26H29ClN6O2/c1-2-23(34)33-12-6-11-22(33)25(35)30-16-7-5-8-17(13-16)31-26-29-15-20(27)24(32-26)19-14-28-21-10-4-3-9-18(19)21/h2-4,9-10,14-17,22,28H,1,5-8,11-13H2,(H,30,35)(H,29,31,32)/t16-,17+,22-/m0/s1. The number of H-pyrrole nitrogens is 1. The van der Waals surface area contributed by atoms with Crippen molar-refractivity contribution in [3.8, 4) is 11.3 Å². The second kappa shape index (κ2) is 10.1. The molecule has 2 fully saturated rings. The minimum atomic E-state index is -0.410. The Morgan fingerprint density at radius 2 is 2.00 bits per heavy atom. The number of carbonyl (C=O) groups is 2. The Hall–Kier alpha value is -3.39. The number of amides is 2. The van der Waals surface area contributed by atoms with Crippen LogP contribution in [0.2, 0.25) is 5.02 Å². The zero-order chi connectivity index (χ0) is 24.4. The molecule has 0 unspecified atom stereocenters. The van der Waals surface area contributed by atoms with Crippen LogP contribution in [0.4, 0.5) is 5.95 Å². The number of hydrogen-bond donors (Lipinski definition) is 3. The number of para-hydroxylation sites is 1. The lowest BCUT2D eigenvalue weighted by Crippen LogP contribution is -2.50. The maximum Gasteiger partial charge on any atom is 0.246 e. The maximum atomic E-state index is 12.9. The van der Waals surface area contributed by atoms with Gasteiger partial charge in [-0.2, -0.15) is 0 Å². The highest BCUT2D eigenvalue weighted by atomic mass is 35.5. The van der Waals surface area contributed by atoms with Crippen molar-refractivity contribution in [2.75, 3.05) is 11.9 Å². The van der Waals surface area contributed by atoms with Crippen LogP contribution in [0.25, 0.3) is 22.2 Å². The zero-order valence-corrected chi connectivity index (χ0v) is 20.2. The number of nitrogens with zero attached hydrogens (tertiary/aromatic N) is 3. The molecule has 5 rings (SSSR count). The molecule has 9 heteroatoms. The van der Waals surface area contributed by atoms with Gasteiger partial charge in [0.25, 0.3) is 0 Å². The lowest BCUT2D eigenvalue weighted by Gasteiger charge is -2.32. The predicted molar refractivity (Wildman–Crippen MR) is 137 cm³/mol. The number of carbonyl (C=O) groups excluding carboxylic acids is 2. The van der Waals surface area contributed by atoms with Crippen molar-refractivity contribution in [3.05, 3.63) is 54.3 Å². The molecule has 2 amide bonds. The van der Waals surface area contributed by atoms with E-state index in [1.54, 1.807) is 11.1 Å². The third-order valence-corrected chi connectivity index (χ3v) is 7.23. The summed E-state index contributed by atoms with van der Waals surface area (Å²) in [5.74, 6) is 0.259. The van der Waals surface area contributed by atoms with Gasteiger partial charge in [0.05, 0.1) is 16.9 Å². The Morgan fingerprint density at radius 3 is 2.86 bits per heavy atom. The smallest absolute Gasteiger partial charge is 0.246 e. The van der Waals surface area contributed by atoms with Crippen LogP contribution in [-0.4, -0.2) is 56.3 Å². The van der Waals surface area contributed by atoms with Crippen molar-refractivity contribution in [2.24, 2.45) is 0 Å². The number of halogens is 1. The molecule has 0 radical (unpaired) electrons. The highest BCUT2D eigenvalue weighted by Gasteiger charge is 2.34. The van der Waals surface area contributed by atoms with Gasteiger partial charge in [0.2, 0.25) is 17.8 Å². The second-order valence-corrected chi connectivity index (χ2v) is 9.65. The van der Waals surface area contributed by atoms with Gasteiger partial charge < -0.3 is 20.5 Å². The summed E-state index contributed by atoms with van der Waals surface area (Å²) >= 11 is 6.47. The van der Waals surface area contributed by atoms with Gasteiger partial charge in [0.15, 0.2) is 0 Å². The fourth-order valence-electron chi connectivity index (χ4n) is 5.25. The van der Waals surface area contributed by atoms with Gasteiger partial charge >= 0.3 is 0 Å². The number of benzene rings is 1. The molecule has 8 nitrogen and oxygen atoms in total. The van der Waals surface area contributed by atoms with E-state index in [0.29, 0.717) is 29.6 Å². The summed E-state index contributed by atoms with van der Waals surface area (Å²) in [7, 11) is 0. The summed E-state index contributed by atoms with van der Waals surface area (Å²) in [5.41, 5.74) is 2.63. The molecule has 3 heterocycles. The van der Waals surface area contributed by atoms with Crippen LogP contribution in [0.5, 0.6) is 0 Å². The number of nitrogens with one attached hydrogen (secondary N) is 3. The number of likely N-dealkylation sites (tertiary alicyclic amines) is 1. The van der Waals surface area contributed by atoms with Crippen LogP contribution in [0.1, 0.15) is 38.5 Å². The summed E-state index contributed by atoms with van der Waals surface area (Å²) < 4.78 is 0. The van der Waals surface area contributed by atoms with Gasteiger partial charge in [-0.1, -0.05) is 36.4 Å². The minimum absolute atomic E-state index is 0.0374. The second-order valence-electron chi connectivity index (χ2n) is 9.25. The Bertz CT molecular complexity index is 1260. The molecule has 1 aliphatic carbocycles. The zero-order valence-electron chi connectivity index (χ0n) is 19.5. The van der Waals surface area contributed by atoms with Crippen LogP contribution in [-0.2, 0) is 9.59 Å². The van der Waals surface area contributed by atoms with Gasteiger partial charge in [-0.05, 0) is 50.7 Å². The summed E-state index contributed by atoms with van der Waals surface area (Å²) in [6.07, 6.45) is 9.96. The van der Waals surface area contributed by atoms with Crippen molar-refractivity contribution in [1.29, 1.82) is 0 Å². The lowest BCUT2D eigenvalue weighted by atomic mass is 9.90. The van der Waals surface area contributed by atoms with E-state index in [2.05, 4.69) is 27.2 Å². The summed E-state index contributed by atoms with van der Waals surface area (Å²) in [6.45, 7) is 4.16. The van der Waals surface area contributed by atoms with Crippen molar-refractivity contribution >= 4 is 40.3 Å². The number of rotatable bonds is 6. The van der Waals surface area contributed by atoms with Crippen LogP contribution in [0.15, 0.2) is 49.3 Å². The number of fused-ring (bicyclic) bond motifs is 1. The van der Waals surface area contributed by atoms with E-state index in [0.717, 1.165) is 48.6 Å². The van der Waals surface area contributed by atoms with E-state index >= 15 is 0 Å². The number of aromatic amines is 1. The molecule has 2 aliphatic rings. The summed E-state index contributed by atoms with van der Waals surface area (Å²) in [6, 6.07) is 7.78. The maximum absolute atomic E-state index is 12.9. The molecule has 3 aromatic rings. The van der Waals surface area contributed by atoms with Crippen LogP contribution in [0, 0.1) is 0 Å². The molecule has 1 saturated heterocycles. The highest BCUT2D eigenvalue weighted by Crippen LogP contribution is 2.33. The van der Waals surface area contributed by atoms with E-state index in [9.17, 15) is 9.59 Å². The molecular weight excluding hydrogens is 464 g/mol. The molecule has 1 aromatic carbocycles. The summed E-state index contributed by atoms with van der Waals surface area (Å²) in [4.78, 5) is 39.0. The van der Waals surface area contributed by atoms with Crippen molar-refractivity contribution in [2.45, 2.75) is 56.7 Å². The Morgan fingerprint density at radius 1 is 1.17 bits per heavy atom. The molecule has 182 valence electrons. The molecule has 1 aliphatic heterocycles. The summed E-state index contributed by atoms with van der Waals surface area (Å²) in [5, 5.41) is 8.16. The van der Waals surface area contributed by atoms with Gasteiger partial charge in [0.1, 0.15) is 6.04 Å². The molecule has 3 atom stereocenters. The topological polar surface area (TPSA) is 103 Å². The highest BCUT2D eigenvalue weighted by molar-refractivity contribution is 6.33. The molecule has 3 N–H and O–H groups in total. The fraction of sp³-hybridized carbons (Fsp3) is 0.385. The van der Waals surface area contributed by atoms with Gasteiger partial charge in [-0.3, -0.25) is 9.59 Å². The third kappa shape index (κ3) is 4.89. The predicted octanol–water partition coefficient (Wildman–Crippen LogP) is 4.29. The fourth-order valence-corrected chi connectivity index (χ4v) is 5.44. The SMILES string of the molecule is C=CC(=O)N1CCC[C@H]1C(=O)N[C@H]1CCC[C@@H](Nc2ncc(Cl)c(-c3c[nH]c4ccccc34)n2)C1. The van der Waals surface area contributed by atoms with E-state index in [1.165, 1.54) is 6.08 Å². The molecule has 0 bridgehead atoms. The lowest BCUT2D eigenvalue weighted by molar-refractivity contribution is -0.135. The van der Waals surface area contributed by atoms with E-state index < -0.39 is 6.04 Å². The van der Waals surface area contributed by atoms with Crippen LogP contribution < -0.4 is 10.6 Å². The van der Waals surface area contributed by atoms with Crippen molar-refractivity contribution in [3.63, 3.8) is 0 Å². The quantitative estimate of drug-likeness (QED) is 0.445. The van der Waals surface area contributed by atoms with Gasteiger partial charge in [0, 0.05) is 41.3 Å². The minimum Gasteiger partial charge on any atom is -0.360 e. The van der Waals surface area contributed by atoms with E-state index in [-0.39, 0.29) is 23.9 Å². The number of hydrogen-bond acceptors (Lipinski definition) is 5. The van der Waals surface area contributed by atoms with E-state index in [1.807, 2.05) is 30.5 Å². The first-order chi connectivity index (χ1) is 17.0. The Labute approximate surface area is 209 Å². The largest absolute Gasteiger partial charge is 0.360 e. The molecule has 35 heavy (non-hydrogen) atoms. The normalized spacial score (nSPS) is 22.2. The monoisotopic (exact) mass is 492 g/mol. The Kier molecular flexibility index (Phi) is 6.72. The average molecular weight is 493 g/mol. The van der Waals surface area contributed by atoms with Crippen LogP contribution >= 0.6 is 11.6 Å². The number of aromatic nitrogens is 3. The Balaban J connectivity index is 1.26. The van der Waals surface area contributed by atoms with Crippen molar-refractivity contribution in [1.82, 2.24) is 25.2 Å². The first-order valence-electron chi connectivity index (χ1n) is 12.1. The third-order valence-electron chi connectivity index (χ3n) is 6.96. The molecule has 0 spiro atoms. The average Bonchev–Trinajstić information content (AvgIpc) is 3.53. The van der Waals surface area contributed by atoms with E-state index in [4.69, 9.17) is 16.6 Å². The molecular formula is C26H29ClN6O2. The van der Waals surface area contributed by atoms with Crippen molar-refractivity contribution < 1.29 is 9.59 Å². The molecule has 2 aromatic heterocycles. The number of anilines is 1. The van der Waals surface area contributed by atoms with Crippen LogP contribution in [0.3, 0.4) is 0 Å². The molecule has 1 saturated carbocycles. The van der Waals surface area contributed by atoms with Gasteiger partial charge in [-0.25, -0.2) is 9.97 Å².